The van der Waals surface area contributed by atoms with E-state index in [1.807, 2.05) is 36.1 Å². The fourth-order valence-electron chi connectivity index (χ4n) is 4.54. The summed E-state index contributed by atoms with van der Waals surface area (Å²) >= 11 is 0. The molecule has 2 heterocycles. The predicted molar refractivity (Wildman–Crippen MR) is 110 cm³/mol. The standard InChI is InChI=1S/C24H26N2O2/c1-15-7-5-9-19(16(15)2)26-20-12-24(3,4)13-21(27)23(20)18(11-22(26)28)17-8-6-10-25-14-17/h5-10,14,18H,11-13H2,1-4H3. The van der Waals surface area contributed by atoms with E-state index in [9.17, 15) is 9.59 Å². The van der Waals surface area contributed by atoms with Crippen LogP contribution >= 0.6 is 0 Å². The third-order valence-corrected chi connectivity index (χ3v) is 6.05. The summed E-state index contributed by atoms with van der Waals surface area (Å²) in [5.41, 5.74) is 5.57. The van der Waals surface area contributed by atoms with Crippen LogP contribution in [0.15, 0.2) is 54.0 Å². The summed E-state index contributed by atoms with van der Waals surface area (Å²) in [5.74, 6) is -0.00382. The molecule has 0 saturated heterocycles. The van der Waals surface area contributed by atoms with Crippen molar-refractivity contribution in [3.8, 4) is 0 Å². The summed E-state index contributed by atoms with van der Waals surface area (Å²) in [5, 5.41) is 0. The number of aromatic nitrogens is 1. The summed E-state index contributed by atoms with van der Waals surface area (Å²) in [6.07, 6.45) is 5.02. The van der Waals surface area contributed by atoms with Gasteiger partial charge < -0.3 is 0 Å². The zero-order valence-corrected chi connectivity index (χ0v) is 17.0. The number of benzene rings is 1. The number of hydrogen-bond donors (Lipinski definition) is 0. The molecule has 0 radical (unpaired) electrons. The number of Topliss-reactive ketones (excluding diaryl/α,β-unsaturated/α-hetero) is 1. The van der Waals surface area contributed by atoms with E-state index in [1.54, 1.807) is 12.4 Å². The molecular weight excluding hydrogens is 348 g/mol. The number of allylic oxidation sites excluding steroid dienone is 2. The molecule has 4 rings (SSSR count). The first-order valence-electron chi connectivity index (χ1n) is 9.84. The molecule has 0 N–H and O–H groups in total. The highest BCUT2D eigenvalue weighted by Crippen LogP contribution is 2.48. The van der Waals surface area contributed by atoms with Gasteiger partial charge in [0.1, 0.15) is 0 Å². The van der Waals surface area contributed by atoms with E-state index >= 15 is 0 Å². The Hall–Kier alpha value is -2.75. The number of anilines is 1. The molecule has 1 unspecified atom stereocenters. The average Bonchev–Trinajstić information content (AvgIpc) is 2.63. The molecular formula is C24H26N2O2. The zero-order valence-electron chi connectivity index (χ0n) is 17.0. The SMILES string of the molecule is Cc1cccc(N2C(=O)CC(c3cccnc3)C3=C2CC(C)(C)CC3=O)c1C. The van der Waals surface area contributed by atoms with Crippen LogP contribution in [0.3, 0.4) is 0 Å². The van der Waals surface area contributed by atoms with Crippen LogP contribution < -0.4 is 4.90 Å². The Labute approximate surface area is 166 Å². The normalized spacial score (nSPS) is 21.7. The van der Waals surface area contributed by atoms with Crippen LogP contribution in [-0.2, 0) is 9.59 Å². The number of carbonyl (C=O) groups is 2. The van der Waals surface area contributed by atoms with Crippen molar-refractivity contribution in [1.82, 2.24) is 4.98 Å². The molecule has 4 nitrogen and oxygen atoms in total. The van der Waals surface area contributed by atoms with Crippen molar-refractivity contribution < 1.29 is 9.59 Å². The highest BCUT2D eigenvalue weighted by Gasteiger charge is 2.44. The highest BCUT2D eigenvalue weighted by atomic mass is 16.2. The van der Waals surface area contributed by atoms with E-state index in [2.05, 4.69) is 31.8 Å². The summed E-state index contributed by atoms with van der Waals surface area (Å²) in [4.78, 5) is 32.7. The summed E-state index contributed by atoms with van der Waals surface area (Å²) < 4.78 is 0. The van der Waals surface area contributed by atoms with Crippen LogP contribution in [0, 0.1) is 19.3 Å². The van der Waals surface area contributed by atoms with Gasteiger partial charge in [-0.2, -0.15) is 0 Å². The summed E-state index contributed by atoms with van der Waals surface area (Å²) in [6.45, 7) is 8.31. The number of ketones is 1. The van der Waals surface area contributed by atoms with Crippen LogP contribution in [0.2, 0.25) is 0 Å². The van der Waals surface area contributed by atoms with Gasteiger partial charge in [-0.1, -0.05) is 32.0 Å². The molecule has 1 aromatic carbocycles. The Morgan fingerprint density at radius 3 is 2.57 bits per heavy atom. The molecule has 2 aliphatic rings. The van der Waals surface area contributed by atoms with Crippen LogP contribution in [0.5, 0.6) is 0 Å². The molecule has 1 aromatic heterocycles. The van der Waals surface area contributed by atoms with Gasteiger partial charge in [0.15, 0.2) is 5.78 Å². The number of aryl methyl sites for hydroxylation is 1. The Morgan fingerprint density at radius 2 is 1.86 bits per heavy atom. The molecule has 0 bridgehead atoms. The minimum Gasteiger partial charge on any atom is -0.294 e. The molecule has 28 heavy (non-hydrogen) atoms. The second kappa shape index (κ2) is 6.69. The number of nitrogens with zero attached hydrogens (tertiary/aromatic N) is 2. The fraction of sp³-hybridized carbons (Fsp3) is 0.375. The zero-order chi connectivity index (χ0) is 20.1. The number of pyridine rings is 1. The van der Waals surface area contributed by atoms with Crippen molar-refractivity contribution >= 4 is 17.4 Å². The molecule has 2 aromatic rings. The van der Waals surface area contributed by atoms with Crippen molar-refractivity contribution in [3.63, 3.8) is 0 Å². The Morgan fingerprint density at radius 1 is 1.07 bits per heavy atom. The molecule has 0 saturated carbocycles. The van der Waals surface area contributed by atoms with Crippen LogP contribution in [0.4, 0.5) is 5.69 Å². The van der Waals surface area contributed by atoms with Gasteiger partial charge >= 0.3 is 0 Å². The highest BCUT2D eigenvalue weighted by molar-refractivity contribution is 6.08. The van der Waals surface area contributed by atoms with E-state index in [0.717, 1.165) is 33.6 Å². The van der Waals surface area contributed by atoms with Crippen molar-refractivity contribution in [3.05, 3.63) is 70.7 Å². The number of amides is 1. The van der Waals surface area contributed by atoms with E-state index in [1.165, 1.54) is 0 Å². The average molecular weight is 374 g/mol. The van der Waals surface area contributed by atoms with Gasteiger partial charge in [0.05, 0.1) is 5.69 Å². The third kappa shape index (κ3) is 3.07. The lowest BCUT2D eigenvalue weighted by molar-refractivity contribution is -0.121. The van der Waals surface area contributed by atoms with Gasteiger partial charge in [0.2, 0.25) is 5.91 Å². The minimum absolute atomic E-state index is 0.0480. The molecule has 1 atom stereocenters. The van der Waals surface area contributed by atoms with Crippen LogP contribution in [-0.4, -0.2) is 16.7 Å². The van der Waals surface area contributed by atoms with Gasteiger partial charge in [0.25, 0.3) is 0 Å². The maximum absolute atomic E-state index is 13.4. The third-order valence-electron chi connectivity index (χ3n) is 6.05. The van der Waals surface area contributed by atoms with Crippen molar-refractivity contribution in [1.29, 1.82) is 0 Å². The van der Waals surface area contributed by atoms with E-state index < -0.39 is 0 Å². The monoisotopic (exact) mass is 374 g/mol. The van der Waals surface area contributed by atoms with Gasteiger partial charge in [-0.15, -0.1) is 0 Å². The first-order chi connectivity index (χ1) is 13.3. The van der Waals surface area contributed by atoms with Crippen molar-refractivity contribution in [2.45, 2.75) is 52.9 Å². The van der Waals surface area contributed by atoms with Gasteiger partial charge in [-0.3, -0.25) is 19.5 Å². The van der Waals surface area contributed by atoms with Gasteiger partial charge in [-0.05, 0) is 54.5 Å². The lowest BCUT2D eigenvalue weighted by Gasteiger charge is -2.43. The molecule has 1 aliphatic carbocycles. The van der Waals surface area contributed by atoms with Crippen LogP contribution in [0.1, 0.15) is 55.7 Å². The van der Waals surface area contributed by atoms with E-state index in [0.29, 0.717) is 19.3 Å². The van der Waals surface area contributed by atoms with Crippen molar-refractivity contribution in [2.75, 3.05) is 4.90 Å². The Kier molecular flexibility index (Phi) is 4.45. The fourth-order valence-corrected chi connectivity index (χ4v) is 4.54. The first-order valence-corrected chi connectivity index (χ1v) is 9.84. The second-order valence-corrected chi connectivity index (χ2v) is 8.79. The summed E-state index contributed by atoms with van der Waals surface area (Å²) in [7, 11) is 0. The van der Waals surface area contributed by atoms with Crippen molar-refractivity contribution in [2.24, 2.45) is 5.41 Å². The molecule has 0 spiro atoms. The molecule has 0 fully saturated rings. The van der Waals surface area contributed by atoms with E-state index in [-0.39, 0.29) is 23.0 Å². The first kappa shape index (κ1) is 18.6. The molecule has 4 heteroatoms. The predicted octanol–water partition coefficient (Wildman–Crippen LogP) is 4.86. The Bertz CT molecular complexity index is 989. The molecule has 1 aliphatic heterocycles. The number of rotatable bonds is 2. The largest absolute Gasteiger partial charge is 0.294 e. The second-order valence-electron chi connectivity index (χ2n) is 8.79. The van der Waals surface area contributed by atoms with Gasteiger partial charge in [-0.25, -0.2) is 0 Å². The lowest BCUT2D eigenvalue weighted by atomic mass is 9.69. The van der Waals surface area contributed by atoms with Crippen LogP contribution in [0.25, 0.3) is 0 Å². The quantitative estimate of drug-likeness (QED) is 0.754. The maximum Gasteiger partial charge on any atom is 0.232 e. The topological polar surface area (TPSA) is 50.3 Å². The minimum atomic E-state index is -0.207. The molecule has 1 amide bonds. The maximum atomic E-state index is 13.4. The molecule has 144 valence electrons. The van der Waals surface area contributed by atoms with E-state index in [4.69, 9.17) is 0 Å². The lowest BCUT2D eigenvalue weighted by Crippen LogP contribution is -2.44. The van der Waals surface area contributed by atoms with Gasteiger partial charge in [0, 0.05) is 42.4 Å². The summed E-state index contributed by atoms with van der Waals surface area (Å²) in [6, 6.07) is 9.86. The smallest absolute Gasteiger partial charge is 0.232 e. The number of hydrogen-bond acceptors (Lipinski definition) is 3. The number of carbonyl (C=O) groups excluding carboxylic acids is 2. The Balaban J connectivity index is 1.94.